The Hall–Kier alpha value is -1.13. The number of hydrogen-bond donors (Lipinski definition) is 3. The fourth-order valence-corrected chi connectivity index (χ4v) is 6.25. The summed E-state index contributed by atoms with van der Waals surface area (Å²) in [5.41, 5.74) is 0. The van der Waals surface area contributed by atoms with Gasteiger partial charge in [-0.15, -0.1) is 0 Å². The van der Waals surface area contributed by atoms with Gasteiger partial charge < -0.3 is 15.5 Å². The third-order valence-corrected chi connectivity index (χ3v) is 9.44. The van der Waals surface area contributed by atoms with Gasteiger partial charge in [0.2, 0.25) is 5.91 Å². The van der Waals surface area contributed by atoms with E-state index in [4.69, 9.17) is 0 Å². The van der Waals surface area contributed by atoms with Crippen LogP contribution in [0.15, 0.2) is 24.3 Å². The Balaban J connectivity index is 3.55. The molecule has 0 saturated heterocycles. The van der Waals surface area contributed by atoms with Gasteiger partial charge in [-0.25, -0.2) is 0 Å². The molecule has 3 N–H and O–H groups in total. The lowest BCUT2D eigenvalue weighted by Gasteiger charge is -2.19. The van der Waals surface area contributed by atoms with E-state index in [1.165, 1.54) is 167 Å². The van der Waals surface area contributed by atoms with Crippen LogP contribution < -0.4 is 5.32 Å². The molecular formula is C42H81NO3. The summed E-state index contributed by atoms with van der Waals surface area (Å²) in [5, 5.41) is 22.9. The molecule has 0 aromatic heterocycles. The van der Waals surface area contributed by atoms with Crippen molar-refractivity contribution >= 4 is 5.91 Å². The maximum atomic E-state index is 12.3. The van der Waals surface area contributed by atoms with Gasteiger partial charge in [0.05, 0.1) is 18.8 Å². The molecule has 0 aromatic rings. The number of allylic oxidation sites excluding steroid dienone is 3. The molecule has 0 unspecified atom stereocenters. The van der Waals surface area contributed by atoms with Gasteiger partial charge in [0, 0.05) is 6.42 Å². The van der Waals surface area contributed by atoms with Crippen molar-refractivity contribution in [3.05, 3.63) is 24.3 Å². The second-order valence-electron chi connectivity index (χ2n) is 14.1. The van der Waals surface area contributed by atoms with E-state index in [1.807, 2.05) is 6.08 Å². The molecule has 272 valence electrons. The highest BCUT2D eigenvalue weighted by atomic mass is 16.3. The molecule has 2 atom stereocenters. The topological polar surface area (TPSA) is 69.6 Å². The third kappa shape index (κ3) is 34.2. The number of carbonyl (C=O) groups is 1. The molecule has 0 aliphatic carbocycles. The molecule has 0 aromatic carbocycles. The highest BCUT2D eigenvalue weighted by Crippen LogP contribution is 2.15. The quantitative estimate of drug-likeness (QED) is 0.0464. The average molecular weight is 648 g/mol. The van der Waals surface area contributed by atoms with Crippen LogP contribution in [0.25, 0.3) is 0 Å². The Labute approximate surface area is 288 Å². The summed E-state index contributed by atoms with van der Waals surface area (Å²) >= 11 is 0. The predicted octanol–water partition coefficient (Wildman–Crippen LogP) is 12.5. The van der Waals surface area contributed by atoms with E-state index in [2.05, 4.69) is 31.3 Å². The maximum Gasteiger partial charge on any atom is 0.220 e. The van der Waals surface area contributed by atoms with Crippen molar-refractivity contribution in [1.29, 1.82) is 0 Å². The van der Waals surface area contributed by atoms with Crippen LogP contribution in [0.3, 0.4) is 0 Å². The summed E-state index contributed by atoms with van der Waals surface area (Å²) in [4.78, 5) is 12.3. The van der Waals surface area contributed by atoms with Crippen LogP contribution in [-0.2, 0) is 4.79 Å². The average Bonchev–Trinajstić information content (AvgIpc) is 3.06. The zero-order chi connectivity index (χ0) is 33.6. The molecule has 0 aliphatic heterocycles. The van der Waals surface area contributed by atoms with Gasteiger partial charge >= 0.3 is 0 Å². The summed E-state index contributed by atoms with van der Waals surface area (Å²) in [5.74, 6) is -0.0717. The fourth-order valence-electron chi connectivity index (χ4n) is 6.25. The van der Waals surface area contributed by atoms with E-state index in [0.29, 0.717) is 6.42 Å². The van der Waals surface area contributed by atoms with Crippen molar-refractivity contribution in [2.75, 3.05) is 6.61 Å². The Morgan fingerprint density at radius 2 is 0.848 bits per heavy atom. The molecule has 0 rings (SSSR count). The summed E-state index contributed by atoms with van der Waals surface area (Å²) in [6.07, 6.45) is 48.5. The first-order valence-corrected chi connectivity index (χ1v) is 20.6. The molecule has 1 amide bonds. The van der Waals surface area contributed by atoms with Crippen LogP contribution in [0.5, 0.6) is 0 Å². The zero-order valence-electron chi connectivity index (χ0n) is 31.1. The van der Waals surface area contributed by atoms with Gasteiger partial charge in [0.15, 0.2) is 0 Å². The van der Waals surface area contributed by atoms with Crippen molar-refractivity contribution in [2.24, 2.45) is 0 Å². The largest absolute Gasteiger partial charge is 0.394 e. The summed E-state index contributed by atoms with van der Waals surface area (Å²) in [6, 6.07) is -0.633. The minimum atomic E-state index is -0.856. The van der Waals surface area contributed by atoms with Crippen LogP contribution in [0.1, 0.15) is 219 Å². The zero-order valence-corrected chi connectivity index (χ0v) is 31.1. The number of unbranched alkanes of at least 4 members (excludes halogenated alkanes) is 28. The highest BCUT2D eigenvalue weighted by Gasteiger charge is 2.17. The first-order chi connectivity index (χ1) is 22.7. The Morgan fingerprint density at radius 3 is 1.26 bits per heavy atom. The molecule has 4 heteroatoms. The number of carbonyl (C=O) groups excluding carboxylic acids is 1. The molecular weight excluding hydrogens is 566 g/mol. The molecule has 0 saturated carbocycles. The summed E-state index contributed by atoms with van der Waals surface area (Å²) < 4.78 is 0. The first kappa shape index (κ1) is 44.9. The van der Waals surface area contributed by atoms with E-state index < -0.39 is 12.1 Å². The normalized spacial score (nSPS) is 13.2. The van der Waals surface area contributed by atoms with Crippen molar-refractivity contribution < 1.29 is 15.0 Å². The lowest BCUT2D eigenvalue weighted by molar-refractivity contribution is -0.123. The molecule has 46 heavy (non-hydrogen) atoms. The summed E-state index contributed by atoms with van der Waals surface area (Å²) in [7, 11) is 0. The number of aliphatic hydroxyl groups excluding tert-OH is 2. The Kier molecular flexibility index (Phi) is 37.4. The molecule has 0 heterocycles. The van der Waals surface area contributed by atoms with Gasteiger partial charge in [-0.05, 0) is 32.1 Å². The number of rotatable bonds is 37. The van der Waals surface area contributed by atoms with E-state index in [0.717, 1.165) is 32.1 Å². The number of nitrogens with one attached hydrogen (secondary N) is 1. The second kappa shape index (κ2) is 38.3. The van der Waals surface area contributed by atoms with Crippen LogP contribution in [0.4, 0.5) is 0 Å². The molecule has 4 nitrogen and oxygen atoms in total. The lowest BCUT2D eigenvalue weighted by Crippen LogP contribution is -2.45. The van der Waals surface area contributed by atoms with Gasteiger partial charge in [0.25, 0.3) is 0 Å². The standard InChI is InChI=1S/C42H81NO3/c1-3-5-7-9-11-13-15-17-18-19-20-21-22-23-24-26-28-30-32-34-36-38-42(46)43-40(39-44)41(45)37-35-33-31-29-27-25-16-14-12-10-8-6-4-2/h27,29,35,37,40-41,44-45H,3-26,28,30-34,36,38-39H2,1-2H3,(H,43,46)/b29-27+,37-35+/t40-,41+/m0/s1. The molecule has 0 radical (unpaired) electrons. The number of aliphatic hydroxyl groups is 2. The minimum Gasteiger partial charge on any atom is -0.394 e. The van der Waals surface area contributed by atoms with Crippen molar-refractivity contribution in [2.45, 2.75) is 231 Å². The fraction of sp³-hybridized carbons (Fsp3) is 0.881. The lowest BCUT2D eigenvalue weighted by atomic mass is 10.0. The third-order valence-electron chi connectivity index (χ3n) is 9.44. The van der Waals surface area contributed by atoms with Crippen molar-refractivity contribution in [3.8, 4) is 0 Å². The van der Waals surface area contributed by atoms with Crippen LogP contribution in [0.2, 0.25) is 0 Å². The Bertz CT molecular complexity index is 661. The first-order valence-electron chi connectivity index (χ1n) is 20.6. The SMILES string of the molecule is CCCCCCCCC/C=C/CC/C=C/[C@@H](O)[C@H](CO)NC(=O)CCCCCCCCCCCCCCCCCCCCCCC. The number of hydrogen-bond acceptors (Lipinski definition) is 3. The van der Waals surface area contributed by atoms with Crippen LogP contribution in [0, 0.1) is 0 Å². The minimum absolute atomic E-state index is 0.0717. The van der Waals surface area contributed by atoms with Gasteiger partial charge in [-0.3, -0.25) is 4.79 Å². The van der Waals surface area contributed by atoms with Gasteiger partial charge in [0.1, 0.15) is 0 Å². The highest BCUT2D eigenvalue weighted by molar-refractivity contribution is 5.76. The van der Waals surface area contributed by atoms with Crippen LogP contribution in [-0.4, -0.2) is 34.9 Å². The van der Waals surface area contributed by atoms with Crippen LogP contribution >= 0.6 is 0 Å². The maximum absolute atomic E-state index is 12.3. The van der Waals surface area contributed by atoms with E-state index in [-0.39, 0.29) is 12.5 Å². The molecule has 0 aliphatic rings. The van der Waals surface area contributed by atoms with Gasteiger partial charge in [-0.1, -0.05) is 205 Å². The van der Waals surface area contributed by atoms with Crippen molar-refractivity contribution in [3.63, 3.8) is 0 Å². The van der Waals surface area contributed by atoms with Crippen molar-refractivity contribution in [1.82, 2.24) is 5.32 Å². The smallest absolute Gasteiger partial charge is 0.220 e. The summed E-state index contributed by atoms with van der Waals surface area (Å²) in [6.45, 7) is 4.29. The molecule has 0 spiro atoms. The molecule has 0 fully saturated rings. The van der Waals surface area contributed by atoms with E-state index in [1.54, 1.807) is 6.08 Å². The Morgan fingerprint density at radius 1 is 0.500 bits per heavy atom. The van der Waals surface area contributed by atoms with E-state index in [9.17, 15) is 15.0 Å². The predicted molar refractivity (Wildman–Crippen MR) is 202 cm³/mol. The van der Waals surface area contributed by atoms with E-state index >= 15 is 0 Å². The molecule has 0 bridgehead atoms. The van der Waals surface area contributed by atoms with Gasteiger partial charge in [-0.2, -0.15) is 0 Å². The number of amides is 1. The second-order valence-corrected chi connectivity index (χ2v) is 14.1. The monoisotopic (exact) mass is 648 g/mol.